The summed E-state index contributed by atoms with van der Waals surface area (Å²) in [6, 6.07) is 0. The Balaban J connectivity index is 1.17. The van der Waals surface area contributed by atoms with Crippen LogP contribution in [-0.4, -0.2) is 273 Å². The van der Waals surface area contributed by atoms with Gasteiger partial charge in [-0.05, 0) is 0 Å². The molecule has 26 nitrogen and oxygen atoms in total. The Morgan fingerprint density at radius 3 is 1.00 bits per heavy atom. The van der Waals surface area contributed by atoms with Gasteiger partial charge in [-0.15, -0.1) is 0 Å². The van der Waals surface area contributed by atoms with Crippen molar-refractivity contribution >= 4 is 0 Å². The minimum Gasteiger partial charge on any atom is -0.394 e. The van der Waals surface area contributed by atoms with Crippen molar-refractivity contribution in [3.8, 4) is 0 Å². The molecule has 0 spiro atoms. The van der Waals surface area contributed by atoms with Crippen molar-refractivity contribution in [1.29, 1.82) is 0 Å². The molecule has 328 valence electrons. The first-order chi connectivity index (χ1) is 26.4. The Hall–Kier alpha value is -1.04. The normalized spacial score (nSPS) is 53.2. The van der Waals surface area contributed by atoms with Gasteiger partial charge in [0, 0.05) is 0 Å². The smallest absolute Gasteiger partial charge is 0.187 e. The van der Waals surface area contributed by atoms with Crippen LogP contribution in [0.25, 0.3) is 0 Å². The molecule has 0 saturated carbocycles. The molecule has 56 heavy (non-hydrogen) atoms. The van der Waals surface area contributed by atoms with Gasteiger partial charge in [-0.1, -0.05) is 0 Å². The highest BCUT2D eigenvalue weighted by atomic mass is 16.8. The van der Waals surface area contributed by atoms with E-state index in [1.807, 2.05) is 0 Å². The molecule has 0 aromatic rings. The summed E-state index contributed by atoms with van der Waals surface area (Å²) in [6.07, 6.45) is -44.5. The molecule has 1 unspecified atom stereocenters. The van der Waals surface area contributed by atoms with Crippen LogP contribution in [0, 0.1) is 0 Å². The molecule has 5 fully saturated rings. The summed E-state index contributed by atoms with van der Waals surface area (Å²) < 4.78 is 48.6. The minimum absolute atomic E-state index is 0.675. The second kappa shape index (κ2) is 19.6. The molecule has 0 aliphatic carbocycles. The lowest BCUT2D eigenvalue weighted by molar-refractivity contribution is -0.364. The first-order valence-corrected chi connectivity index (χ1v) is 17.6. The zero-order chi connectivity index (χ0) is 41.3. The van der Waals surface area contributed by atoms with Crippen molar-refractivity contribution in [3.63, 3.8) is 0 Å². The maximum Gasteiger partial charge on any atom is 0.187 e. The van der Waals surface area contributed by atoms with Crippen LogP contribution in [0.1, 0.15) is 0 Å². The Morgan fingerprint density at radius 1 is 0.304 bits per heavy atom. The first kappa shape index (κ1) is 46.0. The molecule has 0 radical (unpaired) electrons. The van der Waals surface area contributed by atoms with Crippen LogP contribution in [0.15, 0.2) is 0 Å². The van der Waals surface area contributed by atoms with Gasteiger partial charge in [0.1, 0.15) is 122 Å². The molecule has 5 rings (SSSR count). The molecule has 26 heteroatoms. The third-order valence-electron chi connectivity index (χ3n) is 10.3. The van der Waals surface area contributed by atoms with Crippen LogP contribution in [0.3, 0.4) is 0 Å². The van der Waals surface area contributed by atoms with Crippen molar-refractivity contribution in [3.05, 3.63) is 0 Å². The molecule has 0 aromatic carbocycles. The fourth-order valence-electron chi connectivity index (χ4n) is 6.71. The van der Waals surface area contributed by atoms with E-state index in [4.69, 9.17) is 42.6 Å². The van der Waals surface area contributed by atoms with Gasteiger partial charge in [-0.25, -0.2) is 0 Å². The average Bonchev–Trinajstić information content (AvgIpc) is 3.18. The molecule has 0 amide bonds. The summed E-state index contributed by atoms with van der Waals surface area (Å²) in [7, 11) is 0. The van der Waals surface area contributed by atoms with Crippen molar-refractivity contribution < 1.29 is 129 Å². The summed E-state index contributed by atoms with van der Waals surface area (Å²) in [5.74, 6) is 0. The number of ether oxygens (including phenoxy) is 9. The van der Waals surface area contributed by atoms with Crippen LogP contribution < -0.4 is 0 Å². The first-order valence-electron chi connectivity index (χ1n) is 17.6. The average molecular weight is 829 g/mol. The van der Waals surface area contributed by atoms with Crippen LogP contribution >= 0.6 is 0 Å². The summed E-state index contributed by atoms with van der Waals surface area (Å²) in [4.78, 5) is 0. The van der Waals surface area contributed by atoms with Gasteiger partial charge in [0.25, 0.3) is 0 Å². The second-order valence-corrected chi connectivity index (χ2v) is 14.1. The molecule has 0 bridgehead atoms. The van der Waals surface area contributed by atoms with E-state index in [0.717, 1.165) is 0 Å². The van der Waals surface area contributed by atoms with Crippen LogP contribution in [0.2, 0.25) is 0 Å². The maximum atomic E-state index is 10.6. The Morgan fingerprint density at radius 2 is 0.625 bits per heavy atom. The van der Waals surface area contributed by atoms with Crippen molar-refractivity contribution in [2.45, 2.75) is 154 Å². The standard InChI is InChI=1S/C30H52O26/c31-1-6-11(33)15(37)21(43)27(52-6)48-3-8-12(34)16(38)22(44)28(53-8)49-4-9-13(35)17(39)23(45)29(54-9)50-5-10-14(36)18(40)24(46)30(55-10)56-25-7(2-32)51-26(47)20(42)19(25)41/h6-47H,1-5H2/t6-,7-,8-,9-,10-,11-,12-,13-,14-,15+,16+,17+,18+,19-,20-,21-,22-,23-,24-,25-,26?,27+,28+,29+,30-/m1/s1. The summed E-state index contributed by atoms with van der Waals surface area (Å²) in [6.45, 7) is -3.80. The number of rotatable bonds is 13. The van der Waals surface area contributed by atoms with Crippen molar-refractivity contribution in [1.82, 2.24) is 0 Å². The summed E-state index contributed by atoms with van der Waals surface area (Å²) >= 11 is 0. The van der Waals surface area contributed by atoms with E-state index in [0.29, 0.717) is 0 Å². The van der Waals surface area contributed by atoms with Crippen LogP contribution in [0.5, 0.6) is 0 Å². The van der Waals surface area contributed by atoms with Gasteiger partial charge in [-0.2, -0.15) is 0 Å². The van der Waals surface area contributed by atoms with Gasteiger partial charge in [-0.3, -0.25) is 0 Å². The molecule has 5 aliphatic heterocycles. The second-order valence-electron chi connectivity index (χ2n) is 14.1. The van der Waals surface area contributed by atoms with E-state index >= 15 is 0 Å². The molecular weight excluding hydrogens is 776 g/mol. The Kier molecular flexibility index (Phi) is 16.1. The van der Waals surface area contributed by atoms with E-state index in [-0.39, 0.29) is 0 Å². The lowest BCUT2D eigenvalue weighted by Crippen LogP contribution is -2.65. The Bertz CT molecular complexity index is 1200. The topological polar surface area (TPSA) is 427 Å². The number of aliphatic hydroxyl groups excluding tert-OH is 17. The van der Waals surface area contributed by atoms with Gasteiger partial charge in [0.2, 0.25) is 0 Å². The molecule has 5 saturated heterocycles. The lowest BCUT2D eigenvalue weighted by Gasteiger charge is -2.46. The zero-order valence-corrected chi connectivity index (χ0v) is 29.2. The zero-order valence-electron chi connectivity index (χ0n) is 29.2. The van der Waals surface area contributed by atoms with E-state index in [1.54, 1.807) is 0 Å². The maximum absolute atomic E-state index is 10.6. The highest BCUT2D eigenvalue weighted by Gasteiger charge is 2.52. The fraction of sp³-hybridized carbons (Fsp3) is 1.00. The van der Waals surface area contributed by atoms with Crippen LogP contribution in [-0.2, 0) is 42.6 Å². The lowest BCUT2D eigenvalue weighted by atomic mass is 9.97. The monoisotopic (exact) mass is 828 g/mol. The fourth-order valence-corrected chi connectivity index (χ4v) is 6.71. The van der Waals surface area contributed by atoms with Crippen molar-refractivity contribution in [2.24, 2.45) is 0 Å². The van der Waals surface area contributed by atoms with E-state index < -0.39 is 187 Å². The van der Waals surface area contributed by atoms with E-state index in [9.17, 15) is 86.8 Å². The molecular formula is C30H52O26. The molecule has 5 aliphatic rings. The van der Waals surface area contributed by atoms with Gasteiger partial charge >= 0.3 is 0 Å². The third kappa shape index (κ3) is 9.61. The number of hydrogen-bond acceptors (Lipinski definition) is 26. The largest absolute Gasteiger partial charge is 0.394 e. The van der Waals surface area contributed by atoms with E-state index in [1.165, 1.54) is 0 Å². The quantitative estimate of drug-likeness (QED) is 0.0819. The molecule has 5 heterocycles. The third-order valence-corrected chi connectivity index (χ3v) is 10.3. The highest BCUT2D eigenvalue weighted by Crippen LogP contribution is 2.31. The Labute approximate surface area is 316 Å². The van der Waals surface area contributed by atoms with Gasteiger partial charge in [0.15, 0.2) is 31.5 Å². The summed E-state index contributed by atoms with van der Waals surface area (Å²) in [5.41, 5.74) is 0. The molecule has 0 aromatic heterocycles. The number of aliphatic hydroxyl groups is 17. The van der Waals surface area contributed by atoms with Crippen molar-refractivity contribution in [2.75, 3.05) is 33.0 Å². The molecule has 25 atom stereocenters. The minimum atomic E-state index is -1.99. The molecule has 17 N–H and O–H groups in total. The summed E-state index contributed by atoms with van der Waals surface area (Å²) in [5, 5.41) is 174. The number of hydrogen-bond donors (Lipinski definition) is 17. The SMILES string of the molecule is OC[C@H]1O[C@H](OC[C@H]2O[C@H](OC[C@H]3O[C@H](OC[C@H]4O[C@H](O[C@H]5[C@H](O)[C@@H](O)C(O)O[C@@H]5CO)[C@H](O)[C@@H](O)[C@@H]4O)[C@H](O)[C@@H](O)[C@@H]3O)[C@H](O)[C@@H](O)[C@@H]2O)[C@H](O)[C@@H](O)[C@@H]1O. The van der Waals surface area contributed by atoms with E-state index in [2.05, 4.69) is 0 Å². The van der Waals surface area contributed by atoms with Gasteiger partial charge in [0.05, 0.1) is 33.0 Å². The van der Waals surface area contributed by atoms with Crippen LogP contribution in [0.4, 0.5) is 0 Å². The predicted molar refractivity (Wildman–Crippen MR) is 167 cm³/mol. The van der Waals surface area contributed by atoms with Gasteiger partial charge < -0.3 is 129 Å². The predicted octanol–water partition coefficient (Wildman–Crippen LogP) is -11.9. The highest BCUT2D eigenvalue weighted by molar-refractivity contribution is 4.96.